The lowest BCUT2D eigenvalue weighted by molar-refractivity contribution is -0.121. The van der Waals surface area contributed by atoms with Crippen molar-refractivity contribution in [3.05, 3.63) is 29.8 Å². The quantitative estimate of drug-likeness (QED) is 0.854. The number of carbonyl (C=O) groups is 1. The summed E-state index contributed by atoms with van der Waals surface area (Å²) in [5.74, 6) is 0.766. The normalized spacial score (nSPS) is 10.4. The molecule has 1 aromatic rings. The molecule has 0 atom stereocenters. The van der Waals surface area contributed by atoms with Gasteiger partial charge in [-0.15, -0.1) is 12.4 Å². The average Bonchev–Trinajstić information content (AvgIpc) is 2.29. The minimum Gasteiger partial charge on any atom is -0.497 e. The number of halogens is 1. The van der Waals surface area contributed by atoms with E-state index in [1.807, 2.05) is 38.1 Å². The van der Waals surface area contributed by atoms with Gasteiger partial charge in [-0.2, -0.15) is 0 Å². The predicted molar refractivity (Wildman–Crippen MR) is 75.2 cm³/mol. The SMILES string of the molecule is COc1ccc(CC(=O)NC(C)(C)CN)cc1.Cl. The molecular weight excluding hydrogens is 252 g/mol. The monoisotopic (exact) mass is 272 g/mol. The number of ether oxygens (including phenoxy) is 1. The standard InChI is InChI=1S/C13H20N2O2.ClH/c1-13(2,9-14)15-12(16)8-10-4-6-11(17-3)7-5-10;/h4-7H,8-9,14H2,1-3H3,(H,15,16);1H. The van der Waals surface area contributed by atoms with Gasteiger partial charge in [-0.1, -0.05) is 12.1 Å². The van der Waals surface area contributed by atoms with E-state index in [1.165, 1.54) is 0 Å². The van der Waals surface area contributed by atoms with Gasteiger partial charge in [0.05, 0.1) is 13.5 Å². The lowest BCUT2D eigenvalue weighted by Crippen LogP contribution is -2.49. The van der Waals surface area contributed by atoms with Gasteiger partial charge in [0.2, 0.25) is 5.91 Å². The molecule has 1 aromatic carbocycles. The van der Waals surface area contributed by atoms with Crippen molar-refractivity contribution in [3.8, 4) is 5.75 Å². The summed E-state index contributed by atoms with van der Waals surface area (Å²) in [7, 11) is 1.62. The summed E-state index contributed by atoms with van der Waals surface area (Å²) in [6, 6.07) is 7.45. The number of amides is 1. The first-order valence-electron chi connectivity index (χ1n) is 5.61. The third-order valence-electron chi connectivity index (χ3n) is 2.51. The largest absolute Gasteiger partial charge is 0.497 e. The number of benzene rings is 1. The van der Waals surface area contributed by atoms with Gasteiger partial charge >= 0.3 is 0 Å². The van der Waals surface area contributed by atoms with E-state index in [1.54, 1.807) is 7.11 Å². The zero-order chi connectivity index (χ0) is 12.9. The van der Waals surface area contributed by atoms with Crippen LogP contribution < -0.4 is 15.8 Å². The Morgan fingerprint density at radius 3 is 2.33 bits per heavy atom. The second-order valence-electron chi connectivity index (χ2n) is 4.66. The van der Waals surface area contributed by atoms with Crippen molar-refractivity contribution in [2.75, 3.05) is 13.7 Å². The minimum atomic E-state index is -0.358. The second kappa shape index (κ2) is 7.24. The molecule has 0 aliphatic heterocycles. The number of methoxy groups -OCH3 is 1. The molecule has 0 saturated heterocycles. The highest BCUT2D eigenvalue weighted by Crippen LogP contribution is 2.12. The molecule has 0 spiro atoms. The fraction of sp³-hybridized carbons (Fsp3) is 0.462. The Morgan fingerprint density at radius 2 is 1.89 bits per heavy atom. The number of nitrogens with two attached hydrogens (primary N) is 1. The Balaban J connectivity index is 0.00000289. The topological polar surface area (TPSA) is 64.3 Å². The maximum absolute atomic E-state index is 11.7. The van der Waals surface area contributed by atoms with Gasteiger partial charge in [0.15, 0.2) is 0 Å². The van der Waals surface area contributed by atoms with Crippen molar-refractivity contribution < 1.29 is 9.53 Å². The lowest BCUT2D eigenvalue weighted by Gasteiger charge is -2.24. The van der Waals surface area contributed by atoms with E-state index in [0.29, 0.717) is 13.0 Å². The van der Waals surface area contributed by atoms with E-state index in [4.69, 9.17) is 10.5 Å². The van der Waals surface area contributed by atoms with Crippen LogP contribution in [0, 0.1) is 0 Å². The Bertz CT molecular complexity index is 377. The molecule has 5 heteroatoms. The van der Waals surface area contributed by atoms with Gasteiger partial charge in [-0.3, -0.25) is 4.79 Å². The van der Waals surface area contributed by atoms with E-state index < -0.39 is 0 Å². The van der Waals surface area contributed by atoms with Crippen molar-refractivity contribution in [3.63, 3.8) is 0 Å². The average molecular weight is 273 g/mol. The summed E-state index contributed by atoms with van der Waals surface area (Å²) < 4.78 is 5.06. The van der Waals surface area contributed by atoms with Crippen LogP contribution >= 0.6 is 12.4 Å². The number of hydrogen-bond donors (Lipinski definition) is 2. The van der Waals surface area contributed by atoms with Crippen LogP contribution in [0.5, 0.6) is 5.75 Å². The molecule has 0 radical (unpaired) electrons. The minimum absolute atomic E-state index is 0. The van der Waals surface area contributed by atoms with Crippen LogP contribution in [0.25, 0.3) is 0 Å². The van der Waals surface area contributed by atoms with Crippen molar-refractivity contribution >= 4 is 18.3 Å². The summed E-state index contributed by atoms with van der Waals surface area (Å²) in [4.78, 5) is 11.7. The Hall–Kier alpha value is -1.26. The molecule has 0 saturated carbocycles. The fourth-order valence-corrected chi connectivity index (χ4v) is 1.40. The molecule has 0 aliphatic rings. The molecule has 0 bridgehead atoms. The number of carbonyl (C=O) groups excluding carboxylic acids is 1. The van der Waals surface area contributed by atoms with Crippen LogP contribution in [0.4, 0.5) is 0 Å². The summed E-state index contributed by atoms with van der Waals surface area (Å²) in [6.45, 7) is 4.22. The number of hydrogen-bond acceptors (Lipinski definition) is 3. The van der Waals surface area contributed by atoms with Crippen molar-refractivity contribution in [1.82, 2.24) is 5.32 Å². The van der Waals surface area contributed by atoms with Crippen LogP contribution in [0.1, 0.15) is 19.4 Å². The third kappa shape index (κ3) is 5.38. The first kappa shape index (κ1) is 16.7. The van der Waals surface area contributed by atoms with E-state index >= 15 is 0 Å². The smallest absolute Gasteiger partial charge is 0.224 e. The van der Waals surface area contributed by atoms with Crippen molar-refractivity contribution in [2.24, 2.45) is 5.73 Å². The number of rotatable bonds is 5. The highest BCUT2D eigenvalue weighted by atomic mass is 35.5. The van der Waals surface area contributed by atoms with Gasteiger partial charge < -0.3 is 15.8 Å². The van der Waals surface area contributed by atoms with Gasteiger partial charge in [-0.05, 0) is 31.5 Å². The predicted octanol–water partition coefficient (Wildman–Crippen LogP) is 1.51. The van der Waals surface area contributed by atoms with Crippen LogP contribution in [0.3, 0.4) is 0 Å². The van der Waals surface area contributed by atoms with Crippen LogP contribution in [0.15, 0.2) is 24.3 Å². The van der Waals surface area contributed by atoms with E-state index in [9.17, 15) is 4.79 Å². The Labute approximate surface area is 114 Å². The van der Waals surface area contributed by atoms with Gasteiger partial charge in [0.1, 0.15) is 5.75 Å². The summed E-state index contributed by atoms with van der Waals surface area (Å²) in [5, 5.41) is 2.89. The second-order valence-corrected chi connectivity index (χ2v) is 4.66. The van der Waals surface area contributed by atoms with E-state index in [2.05, 4.69) is 5.32 Å². The molecule has 1 rings (SSSR count). The molecule has 0 heterocycles. The first-order chi connectivity index (χ1) is 7.96. The van der Waals surface area contributed by atoms with E-state index in [0.717, 1.165) is 11.3 Å². The zero-order valence-corrected chi connectivity index (χ0v) is 11.8. The molecule has 4 nitrogen and oxygen atoms in total. The third-order valence-corrected chi connectivity index (χ3v) is 2.51. The molecule has 18 heavy (non-hydrogen) atoms. The summed E-state index contributed by atoms with van der Waals surface area (Å²) in [6.07, 6.45) is 0.355. The van der Waals surface area contributed by atoms with Crippen LogP contribution in [0.2, 0.25) is 0 Å². The van der Waals surface area contributed by atoms with Crippen LogP contribution in [-0.2, 0) is 11.2 Å². The lowest BCUT2D eigenvalue weighted by atomic mass is 10.1. The Morgan fingerprint density at radius 1 is 1.33 bits per heavy atom. The fourth-order valence-electron chi connectivity index (χ4n) is 1.40. The van der Waals surface area contributed by atoms with Crippen molar-refractivity contribution in [2.45, 2.75) is 25.8 Å². The zero-order valence-electron chi connectivity index (χ0n) is 11.0. The number of nitrogens with one attached hydrogen (secondary N) is 1. The first-order valence-corrected chi connectivity index (χ1v) is 5.61. The van der Waals surface area contributed by atoms with Gasteiger partial charge in [0.25, 0.3) is 0 Å². The molecule has 0 fully saturated rings. The summed E-state index contributed by atoms with van der Waals surface area (Å²) >= 11 is 0. The molecule has 0 unspecified atom stereocenters. The highest BCUT2D eigenvalue weighted by Gasteiger charge is 2.17. The molecule has 0 aromatic heterocycles. The molecule has 1 amide bonds. The highest BCUT2D eigenvalue weighted by molar-refractivity contribution is 5.85. The maximum Gasteiger partial charge on any atom is 0.224 e. The molecule has 102 valence electrons. The molecular formula is C13H21ClN2O2. The van der Waals surface area contributed by atoms with Crippen molar-refractivity contribution in [1.29, 1.82) is 0 Å². The Kier molecular flexibility index (Phi) is 6.73. The summed E-state index contributed by atoms with van der Waals surface area (Å²) in [5.41, 5.74) is 6.15. The van der Waals surface area contributed by atoms with Gasteiger partial charge in [-0.25, -0.2) is 0 Å². The molecule has 3 N–H and O–H groups in total. The van der Waals surface area contributed by atoms with Crippen LogP contribution in [-0.4, -0.2) is 25.1 Å². The molecule has 0 aliphatic carbocycles. The van der Waals surface area contributed by atoms with E-state index in [-0.39, 0.29) is 23.9 Å². The van der Waals surface area contributed by atoms with Gasteiger partial charge in [0, 0.05) is 12.1 Å². The maximum atomic E-state index is 11.7.